The third kappa shape index (κ3) is 4.92. The van der Waals surface area contributed by atoms with Crippen molar-refractivity contribution in [3.8, 4) is 5.75 Å². The van der Waals surface area contributed by atoms with Gasteiger partial charge in [-0.2, -0.15) is 10.2 Å². The Morgan fingerprint density at radius 1 is 1.10 bits per heavy atom. The van der Waals surface area contributed by atoms with Gasteiger partial charge in [-0.1, -0.05) is 42.5 Å². The molecule has 0 heterocycles. The van der Waals surface area contributed by atoms with Gasteiger partial charge in [0.2, 0.25) is 4.87 Å². The predicted molar refractivity (Wildman–Crippen MR) is 105 cm³/mol. The van der Waals surface area contributed by atoms with Crippen LogP contribution >= 0.6 is 0 Å². The molecule has 12 heteroatoms. The number of aliphatic hydroxyl groups is 1. The number of aromatic hydroxyl groups is 1. The summed E-state index contributed by atoms with van der Waals surface area (Å²) in [5, 5.41) is 27.6. The molecule has 2 aromatic carbocycles. The summed E-state index contributed by atoms with van der Waals surface area (Å²) in [7, 11) is -8.96. The van der Waals surface area contributed by atoms with Gasteiger partial charge in [0.1, 0.15) is 15.9 Å². The normalized spacial score (nSPS) is 19.3. The number of hydrogen-bond donors (Lipinski definition) is 2. The zero-order valence-corrected chi connectivity index (χ0v) is 20.7. The van der Waals surface area contributed by atoms with E-state index < -0.39 is 47.8 Å². The Balaban J connectivity index is 0.00000320. The molecule has 0 saturated carbocycles. The minimum absolute atomic E-state index is 0. The number of nitrogens with zero attached hydrogens (tertiary/aromatic N) is 2. The van der Waals surface area contributed by atoms with Gasteiger partial charge in [0, 0.05) is 17.2 Å². The largest absolute Gasteiger partial charge is 1.00 e. The topological polar surface area (TPSA) is 157 Å². The molecule has 1 unspecified atom stereocenters. The number of azo groups is 1. The maximum absolute atomic E-state index is 12.7. The maximum Gasteiger partial charge on any atom is 1.00 e. The van der Waals surface area contributed by atoms with Crippen molar-refractivity contribution in [2.45, 2.75) is 16.2 Å². The minimum atomic E-state index is -5.02. The molecule has 154 valence electrons. The molecule has 2 aromatic rings. The average Bonchev–Trinajstić information content (AvgIpc) is 2.67. The van der Waals surface area contributed by atoms with E-state index in [2.05, 4.69) is 10.2 Å². The number of benzene rings is 2. The molecule has 2 N–H and O–H groups in total. The Bertz CT molecular complexity index is 1250. The van der Waals surface area contributed by atoms with Gasteiger partial charge in [-0.15, -0.1) is 0 Å². The van der Waals surface area contributed by atoms with Gasteiger partial charge in [-0.3, -0.25) is 0 Å². The van der Waals surface area contributed by atoms with E-state index in [9.17, 15) is 26.5 Å². The van der Waals surface area contributed by atoms with E-state index in [-0.39, 0.29) is 74.3 Å². The molecule has 0 aromatic heterocycles. The second kappa shape index (κ2) is 9.67. The summed E-state index contributed by atoms with van der Waals surface area (Å²) in [6.07, 6.45) is 6.00. The van der Waals surface area contributed by atoms with E-state index in [4.69, 9.17) is 5.11 Å². The number of sulfone groups is 1. The molecule has 9 nitrogen and oxygen atoms in total. The van der Waals surface area contributed by atoms with Crippen LogP contribution in [0, 0.1) is 0 Å². The number of allylic oxidation sites excluding steroid dienone is 2. The van der Waals surface area contributed by atoms with Crippen LogP contribution in [0.2, 0.25) is 0 Å². The SMILES string of the molecule is O=S(=O)([O-])c1cc(N=NC2(S(=O)(=O)CCO)C=CC=CC2)c2ccccc2c1O.[K+]. The number of aliphatic hydroxyl groups excluding tert-OH is 1. The van der Waals surface area contributed by atoms with E-state index in [1.807, 2.05) is 0 Å². The van der Waals surface area contributed by atoms with Crippen molar-refractivity contribution in [2.24, 2.45) is 10.2 Å². The molecular weight excluding hydrogens is 459 g/mol. The molecule has 3 rings (SSSR count). The number of phenolic OH excluding ortho intramolecular Hbond substituents is 1. The van der Waals surface area contributed by atoms with Crippen molar-refractivity contribution in [2.75, 3.05) is 12.4 Å². The summed E-state index contributed by atoms with van der Waals surface area (Å²) in [6.45, 7) is -0.599. The summed E-state index contributed by atoms with van der Waals surface area (Å²) in [6, 6.07) is 6.92. The molecule has 1 atom stereocenters. The standard InChI is InChI=1S/C18H18N2O7S2.K/c21-10-11-28(23,24)18(8-4-1-5-9-18)20-19-15-12-16(29(25,26)27)17(22)14-7-3-2-6-13(14)15;/h1-8,12,21-22H,9-11H2,(H,25,26,27);/q;+1/p-1. The maximum atomic E-state index is 12.7. The van der Waals surface area contributed by atoms with Crippen LogP contribution in [0.1, 0.15) is 6.42 Å². The van der Waals surface area contributed by atoms with Crippen molar-refractivity contribution in [3.63, 3.8) is 0 Å². The Morgan fingerprint density at radius 3 is 2.33 bits per heavy atom. The van der Waals surface area contributed by atoms with E-state index in [0.29, 0.717) is 0 Å². The van der Waals surface area contributed by atoms with Gasteiger partial charge in [-0.05, 0) is 12.1 Å². The van der Waals surface area contributed by atoms with Crippen LogP contribution < -0.4 is 51.4 Å². The Morgan fingerprint density at radius 2 is 1.77 bits per heavy atom. The van der Waals surface area contributed by atoms with Gasteiger partial charge in [0.05, 0.1) is 22.9 Å². The summed E-state index contributed by atoms with van der Waals surface area (Å²) in [4.78, 5) is -2.66. The molecule has 0 bridgehead atoms. The average molecular weight is 477 g/mol. The minimum Gasteiger partial charge on any atom is -0.744 e. The first kappa shape index (κ1) is 25.3. The first-order chi connectivity index (χ1) is 13.6. The first-order valence-corrected chi connectivity index (χ1v) is 11.5. The molecule has 0 radical (unpaired) electrons. The first-order valence-electron chi connectivity index (χ1n) is 8.42. The van der Waals surface area contributed by atoms with Crippen molar-refractivity contribution in [1.29, 1.82) is 0 Å². The molecule has 30 heavy (non-hydrogen) atoms. The van der Waals surface area contributed by atoms with Crippen LogP contribution in [0.25, 0.3) is 10.8 Å². The smallest absolute Gasteiger partial charge is 0.744 e. The fraction of sp³-hybridized carbons (Fsp3) is 0.222. The van der Waals surface area contributed by atoms with E-state index >= 15 is 0 Å². The number of rotatable bonds is 6. The summed E-state index contributed by atoms with van der Waals surface area (Å²) >= 11 is 0. The van der Waals surface area contributed by atoms with Gasteiger partial charge in [0.15, 0.2) is 9.84 Å². The third-order valence-electron chi connectivity index (χ3n) is 4.47. The zero-order valence-electron chi connectivity index (χ0n) is 16.0. The third-order valence-corrected chi connectivity index (χ3v) is 7.50. The van der Waals surface area contributed by atoms with Crippen LogP contribution in [0.4, 0.5) is 5.69 Å². The molecule has 0 spiro atoms. The molecule has 1 aliphatic carbocycles. The number of hydrogen-bond acceptors (Lipinski definition) is 9. The molecule has 0 saturated heterocycles. The summed E-state index contributed by atoms with van der Waals surface area (Å²) < 4.78 is 60.0. The number of fused-ring (bicyclic) bond motifs is 1. The molecule has 0 amide bonds. The monoisotopic (exact) mass is 476 g/mol. The van der Waals surface area contributed by atoms with Crippen LogP contribution in [0.15, 0.2) is 69.8 Å². The quantitative estimate of drug-likeness (QED) is 0.313. The van der Waals surface area contributed by atoms with Crippen molar-refractivity contribution in [1.82, 2.24) is 0 Å². The zero-order chi connectivity index (χ0) is 21.3. The Kier molecular flexibility index (Phi) is 8.15. The Labute approximate surface area is 216 Å². The molecule has 0 fully saturated rings. The van der Waals surface area contributed by atoms with Crippen LogP contribution in [-0.2, 0) is 20.0 Å². The van der Waals surface area contributed by atoms with Gasteiger partial charge >= 0.3 is 51.4 Å². The second-order valence-corrected chi connectivity index (χ2v) is 10.0. The number of phenols is 1. The van der Waals surface area contributed by atoms with Crippen molar-refractivity contribution in [3.05, 3.63) is 54.6 Å². The van der Waals surface area contributed by atoms with Crippen molar-refractivity contribution < 1.29 is 83.0 Å². The van der Waals surface area contributed by atoms with Crippen molar-refractivity contribution >= 4 is 36.4 Å². The second-order valence-electron chi connectivity index (χ2n) is 6.32. The fourth-order valence-corrected chi connectivity index (χ4v) is 4.98. The molecule has 0 aliphatic heterocycles. The van der Waals surface area contributed by atoms with E-state index in [1.165, 1.54) is 30.4 Å². The van der Waals surface area contributed by atoms with Crippen LogP contribution in [-0.4, -0.2) is 48.8 Å². The van der Waals surface area contributed by atoms with Gasteiger partial charge in [0.25, 0.3) is 0 Å². The van der Waals surface area contributed by atoms with Gasteiger partial charge < -0.3 is 14.8 Å². The fourth-order valence-electron chi connectivity index (χ4n) is 2.98. The predicted octanol–water partition coefficient (Wildman–Crippen LogP) is -0.843. The molecular formula is C18H17KN2O7S2. The van der Waals surface area contributed by atoms with E-state index in [1.54, 1.807) is 18.2 Å². The van der Waals surface area contributed by atoms with E-state index in [0.717, 1.165) is 6.07 Å². The van der Waals surface area contributed by atoms with Gasteiger partial charge in [-0.25, -0.2) is 16.8 Å². The summed E-state index contributed by atoms with van der Waals surface area (Å²) in [5.41, 5.74) is -0.0886. The Hall–Kier alpha value is -0.964. The van der Waals surface area contributed by atoms with Crippen LogP contribution in [0.3, 0.4) is 0 Å². The van der Waals surface area contributed by atoms with Crippen LogP contribution in [0.5, 0.6) is 5.75 Å². The summed E-state index contributed by atoms with van der Waals surface area (Å²) in [5.74, 6) is -1.25. The molecule has 1 aliphatic rings.